The van der Waals surface area contributed by atoms with Gasteiger partial charge in [0.2, 0.25) is 5.91 Å². The van der Waals surface area contributed by atoms with Crippen LogP contribution in [0.25, 0.3) is 0 Å². The van der Waals surface area contributed by atoms with Crippen molar-refractivity contribution in [2.75, 3.05) is 5.32 Å². The number of aromatic nitrogens is 1. The molecule has 2 aromatic rings. The summed E-state index contributed by atoms with van der Waals surface area (Å²) in [5, 5.41) is 3.19. The third kappa shape index (κ3) is 2.40. The monoisotopic (exact) mass is 332 g/mol. The zero-order chi connectivity index (χ0) is 16.9. The molecule has 2 atom stereocenters. The first-order chi connectivity index (χ1) is 12.2. The number of nitrogens with one attached hydrogen (secondary N) is 1. The molecule has 4 aliphatic rings. The van der Waals surface area contributed by atoms with E-state index >= 15 is 0 Å². The van der Waals surface area contributed by atoms with E-state index in [9.17, 15) is 4.79 Å². The van der Waals surface area contributed by atoms with E-state index in [2.05, 4.69) is 40.6 Å². The fourth-order valence-electron chi connectivity index (χ4n) is 6.36. The number of hydrogen-bond donors (Lipinski definition) is 1. The summed E-state index contributed by atoms with van der Waals surface area (Å²) in [5.74, 6) is 1.63. The summed E-state index contributed by atoms with van der Waals surface area (Å²) in [7, 11) is 0. The number of carbonyl (C=O) groups is 1. The zero-order valence-electron chi connectivity index (χ0n) is 14.4. The Labute approximate surface area is 148 Å². The average Bonchev–Trinajstić information content (AvgIpc) is 2.62. The highest BCUT2D eigenvalue weighted by Gasteiger charge is 2.60. The van der Waals surface area contributed by atoms with Gasteiger partial charge in [0.05, 0.1) is 5.41 Å². The van der Waals surface area contributed by atoms with Gasteiger partial charge in [-0.05, 0) is 73.5 Å². The summed E-state index contributed by atoms with van der Waals surface area (Å²) in [5.41, 5.74) is 2.33. The van der Waals surface area contributed by atoms with Crippen LogP contribution in [0.4, 0.5) is 5.69 Å². The van der Waals surface area contributed by atoms with E-state index in [4.69, 9.17) is 0 Å². The van der Waals surface area contributed by atoms with Gasteiger partial charge in [-0.1, -0.05) is 30.3 Å². The van der Waals surface area contributed by atoms with Gasteiger partial charge in [-0.15, -0.1) is 0 Å². The lowest BCUT2D eigenvalue weighted by atomic mass is 9.42. The highest BCUT2D eigenvalue weighted by atomic mass is 16.2. The normalized spacial score (nSPS) is 35.5. The van der Waals surface area contributed by atoms with Crippen molar-refractivity contribution >= 4 is 11.6 Å². The topological polar surface area (TPSA) is 42.0 Å². The van der Waals surface area contributed by atoms with E-state index in [1.807, 2.05) is 12.1 Å². The van der Waals surface area contributed by atoms with Gasteiger partial charge < -0.3 is 5.32 Å². The van der Waals surface area contributed by atoms with E-state index < -0.39 is 0 Å². The van der Waals surface area contributed by atoms with Crippen LogP contribution in [0.5, 0.6) is 0 Å². The van der Waals surface area contributed by atoms with Gasteiger partial charge in [0, 0.05) is 18.1 Å². The van der Waals surface area contributed by atoms with Crippen LogP contribution >= 0.6 is 0 Å². The van der Waals surface area contributed by atoms with Crippen LogP contribution in [0, 0.1) is 17.3 Å². The lowest BCUT2D eigenvalue weighted by Crippen LogP contribution is -2.57. The molecule has 1 aromatic heterocycles. The Hall–Kier alpha value is -2.16. The molecule has 0 saturated heterocycles. The van der Waals surface area contributed by atoms with Crippen LogP contribution in [-0.4, -0.2) is 10.9 Å². The maximum absolute atomic E-state index is 13.3. The lowest BCUT2D eigenvalue weighted by molar-refractivity contribution is -0.143. The first kappa shape index (κ1) is 15.1. The Balaban J connectivity index is 1.49. The first-order valence-corrected chi connectivity index (χ1v) is 9.45. The van der Waals surface area contributed by atoms with Crippen molar-refractivity contribution in [3.05, 3.63) is 60.4 Å². The molecule has 1 N–H and O–H groups in total. The number of nitrogens with zero attached hydrogens (tertiary/aromatic N) is 1. The zero-order valence-corrected chi connectivity index (χ0v) is 14.4. The molecule has 0 spiro atoms. The highest BCUT2D eigenvalue weighted by Crippen LogP contribution is 2.65. The van der Waals surface area contributed by atoms with Gasteiger partial charge >= 0.3 is 0 Å². The number of pyridine rings is 1. The van der Waals surface area contributed by atoms with Crippen LogP contribution in [0.1, 0.15) is 44.1 Å². The van der Waals surface area contributed by atoms with E-state index in [-0.39, 0.29) is 16.7 Å². The van der Waals surface area contributed by atoms with E-state index in [0.717, 1.165) is 24.9 Å². The Morgan fingerprint density at radius 3 is 2.32 bits per heavy atom. The van der Waals surface area contributed by atoms with Crippen molar-refractivity contribution in [2.24, 2.45) is 17.3 Å². The molecule has 3 heteroatoms. The summed E-state index contributed by atoms with van der Waals surface area (Å²) < 4.78 is 0. The molecular weight excluding hydrogens is 308 g/mol. The summed E-state index contributed by atoms with van der Waals surface area (Å²) >= 11 is 0. The SMILES string of the molecule is O=C(Nc1ccncc1)C12CC3CC(C1)CC(c1ccccc1)(C3)C2. The minimum atomic E-state index is -0.191. The predicted octanol–water partition coefficient (Wildman–Crippen LogP) is 4.56. The summed E-state index contributed by atoms with van der Waals surface area (Å²) in [4.78, 5) is 17.4. The van der Waals surface area contributed by atoms with Crippen LogP contribution in [0.15, 0.2) is 54.9 Å². The smallest absolute Gasteiger partial charge is 0.230 e. The molecule has 3 nitrogen and oxygen atoms in total. The Bertz CT molecular complexity index is 772. The van der Waals surface area contributed by atoms with Crippen molar-refractivity contribution in [3.8, 4) is 0 Å². The fourth-order valence-corrected chi connectivity index (χ4v) is 6.36. The quantitative estimate of drug-likeness (QED) is 0.895. The highest BCUT2D eigenvalue weighted by molar-refractivity contribution is 5.95. The van der Waals surface area contributed by atoms with Crippen molar-refractivity contribution in [1.29, 1.82) is 0 Å². The maximum atomic E-state index is 13.3. The largest absolute Gasteiger partial charge is 0.325 e. The third-order valence-corrected chi connectivity index (χ3v) is 6.87. The van der Waals surface area contributed by atoms with E-state index in [1.54, 1.807) is 12.4 Å². The third-order valence-electron chi connectivity index (χ3n) is 6.87. The average molecular weight is 332 g/mol. The molecule has 0 aliphatic heterocycles. The molecule has 1 amide bonds. The molecule has 2 unspecified atom stereocenters. The molecule has 128 valence electrons. The molecule has 6 rings (SSSR count). The number of benzene rings is 1. The number of anilines is 1. The van der Waals surface area contributed by atoms with Crippen molar-refractivity contribution < 1.29 is 4.79 Å². The maximum Gasteiger partial charge on any atom is 0.230 e. The van der Waals surface area contributed by atoms with E-state index in [0.29, 0.717) is 11.8 Å². The van der Waals surface area contributed by atoms with Crippen molar-refractivity contribution in [2.45, 2.75) is 43.9 Å². The number of hydrogen-bond acceptors (Lipinski definition) is 2. The minimum absolute atomic E-state index is 0.191. The number of rotatable bonds is 3. The predicted molar refractivity (Wildman–Crippen MR) is 98.1 cm³/mol. The molecule has 25 heavy (non-hydrogen) atoms. The van der Waals surface area contributed by atoms with Gasteiger partial charge in [0.25, 0.3) is 0 Å². The molecule has 4 fully saturated rings. The molecular formula is C22H24N2O. The second kappa shape index (κ2) is 5.42. The van der Waals surface area contributed by atoms with Crippen molar-refractivity contribution in [1.82, 2.24) is 4.98 Å². The number of carbonyl (C=O) groups excluding carboxylic acids is 1. The standard InChI is InChI=1S/C22H24N2O/c25-20(24-19-6-8-23-9-7-19)22-13-16-10-17(14-22)12-21(11-16,15-22)18-4-2-1-3-5-18/h1-9,16-17H,10-15H2,(H,23,24,25). The molecule has 1 aromatic carbocycles. The van der Waals surface area contributed by atoms with Crippen LogP contribution in [-0.2, 0) is 10.2 Å². The van der Waals surface area contributed by atoms with E-state index in [1.165, 1.54) is 24.8 Å². The van der Waals surface area contributed by atoms with Gasteiger partial charge in [0.15, 0.2) is 0 Å². The number of amides is 1. The molecule has 1 heterocycles. The fraction of sp³-hybridized carbons (Fsp3) is 0.455. The van der Waals surface area contributed by atoms with Gasteiger partial charge in [-0.25, -0.2) is 0 Å². The lowest BCUT2D eigenvalue weighted by Gasteiger charge is -2.61. The Kier molecular flexibility index (Phi) is 3.28. The Morgan fingerprint density at radius 2 is 1.64 bits per heavy atom. The van der Waals surface area contributed by atoms with Crippen LogP contribution in [0.2, 0.25) is 0 Å². The first-order valence-electron chi connectivity index (χ1n) is 9.45. The Morgan fingerprint density at radius 1 is 0.960 bits per heavy atom. The molecule has 0 radical (unpaired) electrons. The molecule has 4 saturated carbocycles. The summed E-state index contributed by atoms with van der Waals surface area (Å²) in [6.45, 7) is 0. The molecule has 4 bridgehead atoms. The molecule has 4 aliphatic carbocycles. The minimum Gasteiger partial charge on any atom is -0.325 e. The second-order valence-electron chi connectivity index (χ2n) is 8.58. The van der Waals surface area contributed by atoms with Gasteiger partial charge in [-0.3, -0.25) is 9.78 Å². The second-order valence-corrected chi connectivity index (χ2v) is 8.58. The van der Waals surface area contributed by atoms with Crippen LogP contribution < -0.4 is 5.32 Å². The van der Waals surface area contributed by atoms with Crippen LogP contribution in [0.3, 0.4) is 0 Å². The van der Waals surface area contributed by atoms with Gasteiger partial charge in [0.1, 0.15) is 0 Å². The van der Waals surface area contributed by atoms with Crippen molar-refractivity contribution in [3.63, 3.8) is 0 Å². The summed E-state index contributed by atoms with van der Waals surface area (Å²) in [6, 6.07) is 14.7. The summed E-state index contributed by atoms with van der Waals surface area (Å²) in [6.07, 6.45) is 10.5. The van der Waals surface area contributed by atoms with Gasteiger partial charge in [-0.2, -0.15) is 0 Å².